The number of nitrogens with zero attached hydrogens (tertiary/aromatic N) is 3. The molecule has 1 amide bonds. The number of hydrogen-bond acceptors (Lipinski definition) is 3. The number of carbonyl (C=O) groups excluding carboxylic acids is 1. The van der Waals surface area contributed by atoms with Gasteiger partial charge in [0.15, 0.2) is 11.6 Å². The number of nitrogens with two attached hydrogens (primary N) is 1. The largest absolute Gasteiger partial charge is 0.449 e. The van der Waals surface area contributed by atoms with Crippen LogP contribution in [0.25, 0.3) is 0 Å². The summed E-state index contributed by atoms with van der Waals surface area (Å²) in [5.41, 5.74) is 6.62. The van der Waals surface area contributed by atoms with Crippen molar-refractivity contribution in [2.45, 2.75) is 69.8 Å². The highest BCUT2D eigenvalue weighted by molar-refractivity contribution is 5.77. The lowest BCUT2D eigenvalue weighted by atomic mass is 10.0. The Morgan fingerprint density at radius 1 is 1.09 bits per heavy atom. The highest BCUT2D eigenvalue weighted by Crippen LogP contribution is 2.40. The quantitative estimate of drug-likeness (QED) is 0.520. The van der Waals surface area contributed by atoms with Gasteiger partial charge in [-0.15, -0.1) is 0 Å². The number of benzene rings is 1. The molecule has 0 radical (unpaired) electrons. The van der Waals surface area contributed by atoms with Gasteiger partial charge in [-0.2, -0.15) is 13.2 Å². The minimum atomic E-state index is -4.59. The van der Waals surface area contributed by atoms with Crippen LogP contribution in [0.2, 0.25) is 0 Å². The average molecular weight is 474 g/mol. The second kappa shape index (κ2) is 9.00. The van der Waals surface area contributed by atoms with Crippen LogP contribution in [0.5, 0.6) is 0 Å². The van der Waals surface area contributed by atoms with Gasteiger partial charge < -0.3 is 15.2 Å². The molecule has 1 fully saturated rings. The summed E-state index contributed by atoms with van der Waals surface area (Å²) in [4.78, 5) is 18.2. The average Bonchev–Trinajstić information content (AvgIpc) is 3.38. The van der Waals surface area contributed by atoms with Crippen molar-refractivity contribution >= 4 is 5.91 Å². The zero-order chi connectivity index (χ0) is 23.9. The number of aromatic nitrogens is 2. The molecule has 2 aliphatic rings. The monoisotopic (exact) mass is 474 g/mol. The SMILES string of the molecule is N[C@@H](CC(=O)N1CCn2c(C(F)(F)F)nc(C3CCCC3)c2C1)Cc1cc(F)c(F)cc1F. The van der Waals surface area contributed by atoms with Crippen LogP contribution < -0.4 is 5.73 Å². The molecule has 180 valence electrons. The summed E-state index contributed by atoms with van der Waals surface area (Å²) < 4.78 is 82.2. The van der Waals surface area contributed by atoms with Gasteiger partial charge in [-0.3, -0.25) is 4.79 Å². The zero-order valence-electron chi connectivity index (χ0n) is 17.8. The molecule has 2 aromatic rings. The Kier molecular flexibility index (Phi) is 6.43. The molecule has 0 spiro atoms. The molecule has 4 rings (SSSR count). The van der Waals surface area contributed by atoms with Crippen molar-refractivity contribution in [3.05, 3.63) is 52.4 Å². The van der Waals surface area contributed by atoms with Gasteiger partial charge >= 0.3 is 6.18 Å². The summed E-state index contributed by atoms with van der Waals surface area (Å²) in [6.07, 6.45) is -1.61. The Morgan fingerprint density at radius 3 is 2.42 bits per heavy atom. The predicted octanol–water partition coefficient (Wildman–Crippen LogP) is 4.28. The van der Waals surface area contributed by atoms with Crippen molar-refractivity contribution in [2.75, 3.05) is 6.54 Å². The molecule has 1 aliphatic heterocycles. The van der Waals surface area contributed by atoms with Crippen LogP contribution in [-0.2, 0) is 30.5 Å². The first kappa shape index (κ1) is 23.6. The molecule has 0 unspecified atom stereocenters. The van der Waals surface area contributed by atoms with Crippen LogP contribution >= 0.6 is 0 Å². The summed E-state index contributed by atoms with van der Waals surface area (Å²) in [6.45, 7) is 0.00428. The van der Waals surface area contributed by atoms with Gasteiger partial charge in [0, 0.05) is 37.5 Å². The van der Waals surface area contributed by atoms with Crippen LogP contribution in [-0.4, -0.2) is 32.9 Å². The molecule has 11 heteroatoms. The Balaban J connectivity index is 1.48. The van der Waals surface area contributed by atoms with E-state index >= 15 is 0 Å². The van der Waals surface area contributed by atoms with Crippen LogP contribution in [0.3, 0.4) is 0 Å². The molecule has 1 saturated carbocycles. The van der Waals surface area contributed by atoms with Crippen LogP contribution in [0.1, 0.15) is 60.8 Å². The van der Waals surface area contributed by atoms with Crippen LogP contribution in [0, 0.1) is 17.5 Å². The van der Waals surface area contributed by atoms with Crippen molar-refractivity contribution in [3.8, 4) is 0 Å². The van der Waals surface area contributed by atoms with E-state index < -0.39 is 41.4 Å². The number of halogens is 6. The molecule has 33 heavy (non-hydrogen) atoms. The maximum absolute atomic E-state index is 13.9. The number of alkyl halides is 3. The highest BCUT2D eigenvalue weighted by atomic mass is 19.4. The minimum Gasteiger partial charge on any atom is -0.335 e. The topological polar surface area (TPSA) is 64.2 Å². The molecule has 0 saturated heterocycles. The highest BCUT2D eigenvalue weighted by Gasteiger charge is 2.42. The van der Waals surface area contributed by atoms with Crippen molar-refractivity contribution in [1.29, 1.82) is 0 Å². The fourth-order valence-electron chi connectivity index (χ4n) is 4.78. The number of imidazole rings is 1. The number of fused-ring (bicyclic) bond motifs is 1. The number of amides is 1. The van der Waals surface area contributed by atoms with Crippen molar-refractivity contribution in [1.82, 2.24) is 14.5 Å². The fourth-order valence-corrected chi connectivity index (χ4v) is 4.78. The third kappa shape index (κ3) is 4.87. The first-order chi connectivity index (χ1) is 15.5. The summed E-state index contributed by atoms with van der Waals surface area (Å²) in [7, 11) is 0. The Labute approximate surface area is 186 Å². The van der Waals surface area contributed by atoms with Gasteiger partial charge in [-0.1, -0.05) is 12.8 Å². The fraction of sp³-hybridized carbons (Fsp3) is 0.545. The van der Waals surface area contributed by atoms with E-state index in [1.165, 1.54) is 4.90 Å². The normalized spacial score (nSPS) is 18.0. The number of hydrogen-bond donors (Lipinski definition) is 1. The predicted molar refractivity (Wildman–Crippen MR) is 106 cm³/mol. The Hall–Kier alpha value is -2.56. The third-order valence-corrected chi connectivity index (χ3v) is 6.39. The smallest absolute Gasteiger partial charge is 0.335 e. The van der Waals surface area contributed by atoms with E-state index in [0.29, 0.717) is 23.5 Å². The number of rotatable bonds is 5. The maximum atomic E-state index is 13.9. The van der Waals surface area contributed by atoms with Crippen molar-refractivity contribution in [2.24, 2.45) is 5.73 Å². The van der Waals surface area contributed by atoms with Crippen molar-refractivity contribution in [3.63, 3.8) is 0 Å². The molecule has 2 N–H and O–H groups in total. The molecular weight excluding hydrogens is 450 g/mol. The van der Waals surface area contributed by atoms with E-state index in [0.717, 1.165) is 30.3 Å². The van der Waals surface area contributed by atoms with E-state index in [-0.39, 0.29) is 44.0 Å². The minimum absolute atomic E-state index is 0.0139. The van der Waals surface area contributed by atoms with Crippen LogP contribution in [0.4, 0.5) is 26.3 Å². The lowest BCUT2D eigenvalue weighted by molar-refractivity contribution is -0.148. The molecule has 0 bridgehead atoms. The van der Waals surface area contributed by atoms with E-state index in [2.05, 4.69) is 4.98 Å². The van der Waals surface area contributed by atoms with Gasteiger partial charge in [-0.25, -0.2) is 18.2 Å². The lowest BCUT2D eigenvalue weighted by Crippen LogP contribution is -2.42. The summed E-state index contributed by atoms with van der Waals surface area (Å²) in [5.74, 6) is -4.88. The Morgan fingerprint density at radius 2 is 1.76 bits per heavy atom. The van der Waals surface area contributed by atoms with E-state index in [4.69, 9.17) is 5.73 Å². The molecule has 1 atom stereocenters. The van der Waals surface area contributed by atoms with E-state index in [1.807, 2.05) is 0 Å². The third-order valence-electron chi connectivity index (χ3n) is 6.39. The molecule has 2 heterocycles. The van der Waals surface area contributed by atoms with Gasteiger partial charge in [0.2, 0.25) is 11.7 Å². The molecule has 1 aliphatic carbocycles. The van der Waals surface area contributed by atoms with Gasteiger partial charge in [0.25, 0.3) is 0 Å². The lowest BCUT2D eigenvalue weighted by Gasteiger charge is -2.31. The van der Waals surface area contributed by atoms with Crippen molar-refractivity contribution < 1.29 is 31.1 Å². The second-order valence-corrected chi connectivity index (χ2v) is 8.74. The first-order valence-electron chi connectivity index (χ1n) is 10.9. The second-order valence-electron chi connectivity index (χ2n) is 8.74. The standard InChI is InChI=1S/C22H24F6N4O/c23-15-10-17(25)16(24)8-13(15)7-14(29)9-19(33)31-5-6-32-18(11-31)20(12-3-1-2-4-12)30-21(32)22(26,27)28/h8,10,12,14H,1-7,9,11,29H2/t14-/m1/s1. The summed E-state index contributed by atoms with van der Waals surface area (Å²) in [5, 5.41) is 0. The van der Waals surface area contributed by atoms with Crippen LogP contribution in [0.15, 0.2) is 12.1 Å². The first-order valence-corrected chi connectivity index (χ1v) is 10.9. The van der Waals surface area contributed by atoms with Gasteiger partial charge in [0.05, 0.1) is 17.9 Å². The summed E-state index contributed by atoms with van der Waals surface area (Å²) >= 11 is 0. The zero-order valence-corrected chi connectivity index (χ0v) is 17.8. The van der Waals surface area contributed by atoms with Gasteiger partial charge in [0.1, 0.15) is 5.82 Å². The molecular formula is C22H24F6N4O. The summed E-state index contributed by atoms with van der Waals surface area (Å²) in [6, 6.07) is 0.262. The Bertz CT molecular complexity index is 1040. The maximum Gasteiger partial charge on any atom is 0.449 e. The molecule has 1 aromatic heterocycles. The van der Waals surface area contributed by atoms with E-state index in [1.54, 1.807) is 0 Å². The molecule has 1 aromatic carbocycles. The van der Waals surface area contributed by atoms with E-state index in [9.17, 15) is 31.1 Å². The van der Waals surface area contributed by atoms with Gasteiger partial charge in [-0.05, 0) is 30.9 Å². The molecule has 5 nitrogen and oxygen atoms in total. The number of carbonyl (C=O) groups is 1.